The van der Waals surface area contributed by atoms with Crippen LogP contribution in [0.2, 0.25) is 0 Å². The second-order valence-electron chi connectivity index (χ2n) is 7.66. The molecule has 0 radical (unpaired) electrons. The largest absolute Gasteiger partial charge is 0.378 e. The zero-order chi connectivity index (χ0) is 19.7. The van der Waals surface area contributed by atoms with E-state index in [2.05, 4.69) is 128 Å². The lowest BCUT2D eigenvalue weighted by atomic mass is 9.97. The van der Waals surface area contributed by atoms with Crippen molar-refractivity contribution in [2.45, 2.75) is 6.04 Å². The van der Waals surface area contributed by atoms with Crippen LogP contribution in [0.1, 0.15) is 17.2 Å². The van der Waals surface area contributed by atoms with Gasteiger partial charge in [-0.05, 0) is 52.9 Å². The highest BCUT2D eigenvalue weighted by Gasteiger charge is 2.18. The number of hydrogen-bond acceptors (Lipinski definition) is 2. The zero-order valence-electron chi connectivity index (χ0n) is 17.0. The van der Waals surface area contributed by atoms with Crippen LogP contribution in [0.3, 0.4) is 0 Å². The number of aromatic nitrogens is 1. The highest BCUT2D eigenvalue weighted by Crippen LogP contribution is 2.32. The van der Waals surface area contributed by atoms with Crippen molar-refractivity contribution >= 4 is 22.3 Å². The maximum absolute atomic E-state index is 2.38. The molecule has 0 aliphatic heterocycles. The van der Waals surface area contributed by atoms with Crippen molar-refractivity contribution in [3.63, 3.8) is 0 Å². The lowest BCUT2D eigenvalue weighted by molar-refractivity contribution is 0.705. The van der Waals surface area contributed by atoms with E-state index in [-0.39, 0.29) is 6.04 Å². The second kappa shape index (κ2) is 7.43. The summed E-state index contributed by atoms with van der Waals surface area (Å²) in [5.41, 5.74) is 6.24. The Morgan fingerprint density at radius 3 is 1.61 bits per heavy atom. The predicted molar refractivity (Wildman–Crippen MR) is 121 cm³/mol. The third kappa shape index (κ3) is 3.36. The minimum absolute atomic E-state index is 0.132. The first-order valence-electron chi connectivity index (χ1n) is 9.65. The summed E-state index contributed by atoms with van der Waals surface area (Å²) in [5.74, 6) is 0. The fraction of sp³-hybridized carbons (Fsp3) is 0.200. The molecule has 3 heteroatoms. The Kier molecular flexibility index (Phi) is 4.82. The summed E-state index contributed by atoms with van der Waals surface area (Å²) in [6.07, 6.45) is 2.20. The van der Waals surface area contributed by atoms with Crippen LogP contribution in [-0.4, -0.2) is 32.8 Å². The molecule has 4 rings (SSSR count). The van der Waals surface area contributed by atoms with Crippen LogP contribution >= 0.6 is 0 Å². The Balaban J connectivity index is 1.85. The van der Waals surface area contributed by atoms with Gasteiger partial charge in [-0.2, -0.15) is 0 Å². The van der Waals surface area contributed by atoms with Gasteiger partial charge in [0.1, 0.15) is 0 Å². The summed E-state index contributed by atoms with van der Waals surface area (Å²) in [5, 5.41) is 1.27. The molecular formula is C25H27N3. The molecule has 0 saturated heterocycles. The first kappa shape index (κ1) is 18.2. The van der Waals surface area contributed by atoms with Gasteiger partial charge in [-0.15, -0.1) is 0 Å². The third-order valence-corrected chi connectivity index (χ3v) is 5.36. The highest BCUT2D eigenvalue weighted by atomic mass is 15.1. The summed E-state index contributed by atoms with van der Waals surface area (Å²) in [6, 6.07) is 28.7. The van der Waals surface area contributed by atoms with Crippen molar-refractivity contribution in [2.24, 2.45) is 0 Å². The summed E-state index contributed by atoms with van der Waals surface area (Å²) in [7, 11) is 8.30. The van der Waals surface area contributed by atoms with Gasteiger partial charge in [0.25, 0.3) is 0 Å². The fourth-order valence-corrected chi connectivity index (χ4v) is 3.75. The van der Waals surface area contributed by atoms with Crippen molar-refractivity contribution in [3.05, 3.63) is 96.2 Å². The molecule has 0 unspecified atom stereocenters. The monoisotopic (exact) mass is 369 g/mol. The lowest BCUT2D eigenvalue weighted by Crippen LogP contribution is -2.13. The van der Waals surface area contributed by atoms with Gasteiger partial charge in [-0.25, -0.2) is 0 Å². The topological polar surface area (TPSA) is 11.4 Å². The molecule has 142 valence electrons. The standard InChI is InChI=1S/C25H27N3/c1-26(2)22-13-9-20(10-14-22)25(21-11-15-23(16-12-21)27(3)4)28-18-17-19-7-5-6-8-24(19)28/h5-18,25H,1-4H3. The smallest absolute Gasteiger partial charge is 0.0839 e. The molecule has 0 aliphatic rings. The number of benzene rings is 3. The Morgan fingerprint density at radius 2 is 1.11 bits per heavy atom. The minimum atomic E-state index is 0.132. The molecule has 0 N–H and O–H groups in total. The van der Waals surface area contributed by atoms with E-state index in [1.54, 1.807) is 0 Å². The first-order chi connectivity index (χ1) is 13.5. The van der Waals surface area contributed by atoms with Crippen LogP contribution in [0.4, 0.5) is 11.4 Å². The van der Waals surface area contributed by atoms with Crippen LogP contribution in [-0.2, 0) is 0 Å². The van der Waals surface area contributed by atoms with E-state index in [9.17, 15) is 0 Å². The number of hydrogen-bond donors (Lipinski definition) is 0. The third-order valence-electron chi connectivity index (χ3n) is 5.36. The maximum Gasteiger partial charge on any atom is 0.0839 e. The number of nitrogens with zero attached hydrogens (tertiary/aromatic N) is 3. The summed E-state index contributed by atoms with van der Waals surface area (Å²) < 4.78 is 2.38. The number of anilines is 2. The number of para-hydroxylation sites is 1. The highest BCUT2D eigenvalue weighted by molar-refractivity contribution is 5.80. The lowest BCUT2D eigenvalue weighted by Gasteiger charge is -2.23. The van der Waals surface area contributed by atoms with E-state index in [0.29, 0.717) is 0 Å². The molecule has 0 spiro atoms. The molecule has 3 aromatic carbocycles. The van der Waals surface area contributed by atoms with Gasteiger partial charge < -0.3 is 14.4 Å². The molecule has 0 amide bonds. The van der Waals surface area contributed by atoms with Gasteiger partial charge in [-0.1, -0.05) is 42.5 Å². The quantitative estimate of drug-likeness (QED) is 0.466. The Hall–Kier alpha value is -3.20. The summed E-state index contributed by atoms with van der Waals surface area (Å²) >= 11 is 0. The molecule has 1 heterocycles. The van der Waals surface area contributed by atoms with E-state index < -0.39 is 0 Å². The molecule has 0 atom stereocenters. The molecule has 28 heavy (non-hydrogen) atoms. The van der Waals surface area contributed by atoms with Crippen LogP contribution in [0.5, 0.6) is 0 Å². The minimum Gasteiger partial charge on any atom is -0.378 e. The van der Waals surface area contributed by atoms with Gasteiger partial charge >= 0.3 is 0 Å². The average molecular weight is 370 g/mol. The fourth-order valence-electron chi connectivity index (χ4n) is 3.75. The number of fused-ring (bicyclic) bond motifs is 1. The van der Waals surface area contributed by atoms with E-state index >= 15 is 0 Å². The summed E-state index contributed by atoms with van der Waals surface area (Å²) in [4.78, 5) is 4.27. The SMILES string of the molecule is CN(C)c1ccc(C(c2ccc(N(C)C)cc2)n2ccc3ccccc32)cc1. The molecular weight excluding hydrogens is 342 g/mol. The van der Waals surface area contributed by atoms with Crippen LogP contribution < -0.4 is 9.80 Å². The van der Waals surface area contributed by atoms with Gasteiger partial charge in [-0.3, -0.25) is 0 Å². The second-order valence-corrected chi connectivity index (χ2v) is 7.66. The molecule has 0 bridgehead atoms. The molecule has 1 aromatic heterocycles. The average Bonchev–Trinajstić information content (AvgIpc) is 3.13. The Bertz CT molecular complexity index is 1010. The molecule has 0 fully saturated rings. The van der Waals surface area contributed by atoms with Gasteiger partial charge in [0.15, 0.2) is 0 Å². The predicted octanol–water partition coefficient (Wildman–Crippen LogP) is 5.41. The van der Waals surface area contributed by atoms with Crippen LogP contribution in [0.25, 0.3) is 10.9 Å². The van der Waals surface area contributed by atoms with E-state index in [0.717, 1.165) is 0 Å². The van der Waals surface area contributed by atoms with Crippen molar-refractivity contribution in [1.82, 2.24) is 4.57 Å². The van der Waals surface area contributed by atoms with Crippen molar-refractivity contribution in [1.29, 1.82) is 0 Å². The number of rotatable bonds is 5. The Morgan fingerprint density at radius 1 is 0.607 bits per heavy atom. The van der Waals surface area contributed by atoms with E-state index in [4.69, 9.17) is 0 Å². The van der Waals surface area contributed by atoms with E-state index in [1.807, 2.05) is 0 Å². The summed E-state index contributed by atoms with van der Waals surface area (Å²) in [6.45, 7) is 0. The maximum atomic E-state index is 2.38. The molecule has 0 aliphatic carbocycles. The van der Waals surface area contributed by atoms with Crippen molar-refractivity contribution in [2.75, 3.05) is 38.0 Å². The van der Waals surface area contributed by atoms with Gasteiger partial charge in [0, 0.05) is 51.3 Å². The molecule has 4 aromatic rings. The van der Waals surface area contributed by atoms with Gasteiger partial charge in [0.05, 0.1) is 6.04 Å². The molecule has 0 saturated carbocycles. The molecule has 3 nitrogen and oxygen atoms in total. The van der Waals surface area contributed by atoms with Crippen LogP contribution in [0, 0.1) is 0 Å². The Labute approximate surface area is 167 Å². The normalized spacial score (nSPS) is 11.2. The van der Waals surface area contributed by atoms with Crippen LogP contribution in [0.15, 0.2) is 85.1 Å². The van der Waals surface area contributed by atoms with Crippen molar-refractivity contribution < 1.29 is 0 Å². The first-order valence-corrected chi connectivity index (χ1v) is 9.65. The zero-order valence-corrected chi connectivity index (χ0v) is 17.0. The van der Waals surface area contributed by atoms with Gasteiger partial charge in [0.2, 0.25) is 0 Å². The van der Waals surface area contributed by atoms with E-state index in [1.165, 1.54) is 33.4 Å². The van der Waals surface area contributed by atoms with Crippen molar-refractivity contribution in [3.8, 4) is 0 Å².